The molecule has 2 N–H and O–H groups in total. The van der Waals surface area contributed by atoms with Crippen LogP contribution in [0, 0.1) is 11.3 Å². The van der Waals surface area contributed by atoms with Crippen molar-refractivity contribution < 1.29 is 0 Å². The Morgan fingerprint density at radius 3 is 2.67 bits per heavy atom. The van der Waals surface area contributed by atoms with Crippen molar-refractivity contribution in [2.24, 2.45) is 5.73 Å². The molecule has 0 aliphatic carbocycles. The lowest BCUT2D eigenvalue weighted by Crippen LogP contribution is -1.96. The Hall–Kier alpha value is -2.27. The molecule has 0 unspecified atom stereocenters. The summed E-state index contributed by atoms with van der Waals surface area (Å²) in [4.78, 5) is 0. The first-order valence-corrected chi connectivity index (χ1v) is 4.66. The van der Waals surface area contributed by atoms with Crippen molar-refractivity contribution in [1.29, 1.82) is 5.26 Å². The van der Waals surface area contributed by atoms with Gasteiger partial charge in [-0.05, 0) is 10.8 Å². The summed E-state index contributed by atoms with van der Waals surface area (Å²) >= 11 is 0. The van der Waals surface area contributed by atoms with Gasteiger partial charge in [0.2, 0.25) is 0 Å². The molecule has 2 rings (SSSR count). The molecule has 0 saturated carbocycles. The van der Waals surface area contributed by atoms with E-state index in [0.717, 1.165) is 16.3 Å². The molecule has 0 atom stereocenters. The predicted octanol–water partition coefficient (Wildman–Crippen LogP) is 2.66. The zero-order valence-corrected chi connectivity index (χ0v) is 8.14. The number of benzene rings is 2. The van der Waals surface area contributed by atoms with Crippen LogP contribution in [0.25, 0.3) is 16.5 Å². The summed E-state index contributed by atoms with van der Waals surface area (Å²) in [6, 6.07) is 15.8. The topological polar surface area (TPSA) is 49.8 Å². The molecule has 2 aromatic rings. The first-order valence-electron chi connectivity index (χ1n) is 4.66. The van der Waals surface area contributed by atoms with Gasteiger partial charge in [0.05, 0.1) is 6.07 Å². The Morgan fingerprint density at radius 2 is 1.87 bits per heavy atom. The molecule has 2 aromatic carbocycles. The average molecular weight is 194 g/mol. The maximum absolute atomic E-state index is 8.56. The number of nitriles is 1. The van der Waals surface area contributed by atoms with Crippen LogP contribution in [-0.2, 0) is 0 Å². The van der Waals surface area contributed by atoms with E-state index in [4.69, 9.17) is 11.0 Å². The largest absolute Gasteiger partial charge is 0.398 e. The standard InChI is InChI=1S/C13H10N2/c14-9-8-13(15)12-7-3-5-10-4-1-2-6-11(10)12/h1-8H,15H2/b13-8+. The molecule has 0 spiro atoms. The lowest BCUT2D eigenvalue weighted by molar-refractivity contribution is 1.51. The van der Waals surface area contributed by atoms with Crippen LogP contribution < -0.4 is 5.73 Å². The van der Waals surface area contributed by atoms with E-state index in [9.17, 15) is 0 Å². The number of rotatable bonds is 1. The molecule has 15 heavy (non-hydrogen) atoms. The van der Waals surface area contributed by atoms with Crippen molar-refractivity contribution in [3.63, 3.8) is 0 Å². The third-order valence-corrected chi connectivity index (χ3v) is 2.32. The number of nitrogens with two attached hydrogens (primary N) is 1. The number of allylic oxidation sites excluding steroid dienone is 1. The van der Waals surface area contributed by atoms with Crippen LogP contribution >= 0.6 is 0 Å². The van der Waals surface area contributed by atoms with Crippen LogP contribution in [0.15, 0.2) is 48.5 Å². The van der Waals surface area contributed by atoms with Crippen LogP contribution in [0.3, 0.4) is 0 Å². The fourth-order valence-electron chi connectivity index (χ4n) is 1.62. The van der Waals surface area contributed by atoms with Crippen molar-refractivity contribution in [2.45, 2.75) is 0 Å². The predicted molar refractivity (Wildman–Crippen MR) is 61.7 cm³/mol. The second-order valence-electron chi connectivity index (χ2n) is 3.26. The van der Waals surface area contributed by atoms with E-state index < -0.39 is 0 Å². The Morgan fingerprint density at radius 1 is 1.13 bits per heavy atom. The Balaban J connectivity index is 2.72. The van der Waals surface area contributed by atoms with Gasteiger partial charge in [0.1, 0.15) is 0 Å². The van der Waals surface area contributed by atoms with E-state index in [1.54, 1.807) is 0 Å². The van der Waals surface area contributed by atoms with Crippen LogP contribution in [0.4, 0.5) is 0 Å². The van der Waals surface area contributed by atoms with E-state index in [1.165, 1.54) is 6.08 Å². The molecule has 2 heteroatoms. The quantitative estimate of drug-likeness (QED) is 0.709. The molecule has 0 aliphatic heterocycles. The molecule has 0 aliphatic rings. The Bertz CT molecular complexity index is 557. The SMILES string of the molecule is N#C/C=C(/N)c1cccc2ccccc12. The van der Waals surface area contributed by atoms with Gasteiger partial charge in [-0.25, -0.2) is 0 Å². The second kappa shape index (κ2) is 3.85. The van der Waals surface area contributed by atoms with Gasteiger partial charge in [-0.2, -0.15) is 5.26 Å². The maximum Gasteiger partial charge on any atom is 0.0933 e. The van der Waals surface area contributed by atoms with Gasteiger partial charge >= 0.3 is 0 Å². The smallest absolute Gasteiger partial charge is 0.0933 e. The highest BCUT2D eigenvalue weighted by Gasteiger charge is 2.01. The molecule has 0 bridgehead atoms. The summed E-state index contributed by atoms with van der Waals surface area (Å²) in [6.07, 6.45) is 1.36. The van der Waals surface area contributed by atoms with E-state index in [-0.39, 0.29) is 0 Å². The van der Waals surface area contributed by atoms with Gasteiger partial charge in [0.15, 0.2) is 0 Å². The van der Waals surface area contributed by atoms with Crippen molar-refractivity contribution in [2.75, 3.05) is 0 Å². The average Bonchev–Trinajstić information content (AvgIpc) is 2.28. The highest BCUT2D eigenvalue weighted by atomic mass is 14.6. The minimum absolute atomic E-state index is 0.509. The number of fused-ring (bicyclic) bond motifs is 1. The normalized spacial score (nSPS) is 11.3. The van der Waals surface area contributed by atoms with E-state index in [1.807, 2.05) is 48.5 Å². The van der Waals surface area contributed by atoms with E-state index in [2.05, 4.69) is 0 Å². The minimum Gasteiger partial charge on any atom is -0.398 e. The first kappa shape index (κ1) is 9.29. The summed E-state index contributed by atoms with van der Waals surface area (Å²) in [5.74, 6) is 0. The lowest BCUT2D eigenvalue weighted by atomic mass is 10.0. The zero-order valence-electron chi connectivity index (χ0n) is 8.14. The molecular formula is C13H10N2. The number of hydrogen-bond donors (Lipinski definition) is 1. The van der Waals surface area contributed by atoms with Crippen LogP contribution in [-0.4, -0.2) is 0 Å². The van der Waals surface area contributed by atoms with Gasteiger partial charge in [0, 0.05) is 17.3 Å². The second-order valence-corrected chi connectivity index (χ2v) is 3.26. The monoisotopic (exact) mass is 194 g/mol. The Kier molecular flexibility index (Phi) is 2.38. The highest BCUT2D eigenvalue weighted by Crippen LogP contribution is 2.22. The lowest BCUT2D eigenvalue weighted by Gasteiger charge is -2.05. The zero-order chi connectivity index (χ0) is 10.7. The molecule has 0 radical (unpaired) electrons. The van der Waals surface area contributed by atoms with Crippen molar-refractivity contribution in [3.8, 4) is 6.07 Å². The summed E-state index contributed by atoms with van der Waals surface area (Å²) in [6.45, 7) is 0. The molecule has 0 fully saturated rings. The minimum atomic E-state index is 0.509. The molecular weight excluding hydrogens is 184 g/mol. The van der Waals surface area contributed by atoms with Crippen LogP contribution in [0.1, 0.15) is 5.56 Å². The van der Waals surface area contributed by atoms with Gasteiger partial charge < -0.3 is 5.73 Å². The molecule has 0 aromatic heterocycles. The summed E-state index contributed by atoms with van der Waals surface area (Å²) in [5, 5.41) is 10.8. The van der Waals surface area contributed by atoms with Crippen molar-refractivity contribution in [3.05, 3.63) is 54.1 Å². The molecule has 0 heterocycles. The Labute approximate surface area is 88.3 Å². The fourth-order valence-corrected chi connectivity index (χ4v) is 1.62. The summed E-state index contributed by atoms with van der Waals surface area (Å²) in [5.41, 5.74) is 7.23. The first-order chi connectivity index (χ1) is 7.33. The summed E-state index contributed by atoms with van der Waals surface area (Å²) < 4.78 is 0. The summed E-state index contributed by atoms with van der Waals surface area (Å²) in [7, 11) is 0. The molecule has 2 nitrogen and oxygen atoms in total. The number of hydrogen-bond acceptors (Lipinski definition) is 2. The third-order valence-electron chi connectivity index (χ3n) is 2.32. The van der Waals surface area contributed by atoms with Gasteiger partial charge in [-0.3, -0.25) is 0 Å². The van der Waals surface area contributed by atoms with Gasteiger partial charge in [0.25, 0.3) is 0 Å². The number of nitrogens with zero attached hydrogens (tertiary/aromatic N) is 1. The van der Waals surface area contributed by atoms with Gasteiger partial charge in [-0.1, -0.05) is 42.5 Å². The van der Waals surface area contributed by atoms with Crippen LogP contribution in [0.5, 0.6) is 0 Å². The third kappa shape index (κ3) is 1.68. The van der Waals surface area contributed by atoms with Crippen molar-refractivity contribution >= 4 is 16.5 Å². The fraction of sp³-hybridized carbons (Fsp3) is 0. The molecule has 0 amide bonds. The maximum atomic E-state index is 8.56. The van der Waals surface area contributed by atoms with E-state index >= 15 is 0 Å². The van der Waals surface area contributed by atoms with Crippen molar-refractivity contribution in [1.82, 2.24) is 0 Å². The van der Waals surface area contributed by atoms with Gasteiger partial charge in [-0.15, -0.1) is 0 Å². The molecule has 0 saturated heterocycles. The highest BCUT2D eigenvalue weighted by molar-refractivity contribution is 5.93. The van der Waals surface area contributed by atoms with Crippen LogP contribution in [0.2, 0.25) is 0 Å². The molecule has 72 valence electrons. The van der Waals surface area contributed by atoms with E-state index in [0.29, 0.717) is 5.70 Å².